The van der Waals surface area contributed by atoms with Crippen molar-refractivity contribution in [1.29, 1.82) is 0 Å². The van der Waals surface area contributed by atoms with E-state index in [1.165, 1.54) is 24.1 Å². The van der Waals surface area contributed by atoms with Gasteiger partial charge in [0.1, 0.15) is 0 Å². The second kappa shape index (κ2) is 4.28. The first kappa shape index (κ1) is 9.93. The van der Waals surface area contributed by atoms with E-state index in [1.54, 1.807) is 11.8 Å². The molecule has 1 aromatic rings. The predicted octanol–water partition coefficient (Wildman–Crippen LogP) is 1.58. The van der Waals surface area contributed by atoms with E-state index < -0.39 is 0 Å². The molecular formula is C10H15N3S. The maximum Gasteiger partial charge on any atom is 0.187 e. The van der Waals surface area contributed by atoms with Gasteiger partial charge in [-0.1, -0.05) is 11.8 Å². The molecule has 0 spiro atoms. The fourth-order valence-corrected chi connectivity index (χ4v) is 2.32. The number of hydrogen-bond acceptors (Lipinski definition) is 4. The van der Waals surface area contributed by atoms with Gasteiger partial charge in [-0.2, -0.15) is 0 Å². The molecule has 0 radical (unpaired) electrons. The van der Waals surface area contributed by atoms with Crippen LogP contribution in [0.1, 0.15) is 30.0 Å². The number of rotatable bonds is 2. The lowest BCUT2D eigenvalue weighted by Crippen LogP contribution is -2.19. The number of nitrogens with zero attached hydrogens (tertiary/aromatic N) is 2. The minimum absolute atomic E-state index is 0.481. The van der Waals surface area contributed by atoms with Crippen molar-refractivity contribution in [2.45, 2.75) is 30.3 Å². The summed E-state index contributed by atoms with van der Waals surface area (Å²) in [4.78, 5) is 8.83. The summed E-state index contributed by atoms with van der Waals surface area (Å²) < 4.78 is 0. The molecular weight excluding hydrogens is 194 g/mol. The Kier molecular flexibility index (Phi) is 3.03. The van der Waals surface area contributed by atoms with Gasteiger partial charge in [-0.3, -0.25) is 0 Å². The Hall–Kier alpha value is -0.610. The lowest BCUT2D eigenvalue weighted by molar-refractivity contribution is 0.542. The van der Waals surface area contributed by atoms with E-state index in [-0.39, 0.29) is 0 Å². The van der Waals surface area contributed by atoms with E-state index in [2.05, 4.69) is 9.97 Å². The number of aryl methyl sites for hydroxylation is 1. The molecule has 0 saturated carbocycles. The van der Waals surface area contributed by atoms with Crippen molar-refractivity contribution in [1.82, 2.24) is 9.97 Å². The zero-order valence-corrected chi connectivity index (χ0v) is 9.18. The van der Waals surface area contributed by atoms with Crippen LogP contribution in [0.4, 0.5) is 0 Å². The van der Waals surface area contributed by atoms with E-state index in [0.29, 0.717) is 5.92 Å². The van der Waals surface area contributed by atoms with Crippen LogP contribution in [0.5, 0.6) is 0 Å². The van der Waals surface area contributed by atoms with Crippen LogP contribution >= 0.6 is 11.8 Å². The fourth-order valence-electron chi connectivity index (χ4n) is 1.96. The number of hydrogen-bond donors (Lipinski definition) is 1. The number of fused-ring (bicyclic) bond motifs is 1. The fraction of sp³-hybridized carbons (Fsp3) is 0.600. The zero-order valence-electron chi connectivity index (χ0n) is 8.36. The second-order valence-electron chi connectivity index (χ2n) is 3.58. The molecule has 0 amide bonds. The Bertz CT molecular complexity index is 327. The van der Waals surface area contributed by atoms with E-state index in [1.807, 2.05) is 12.5 Å². The highest BCUT2D eigenvalue weighted by Gasteiger charge is 2.20. The summed E-state index contributed by atoms with van der Waals surface area (Å²) in [6.45, 7) is 0.717. The SMILES string of the molecule is CSc1ncc2c(n1)CCCC2CN. The molecule has 1 unspecified atom stereocenters. The van der Waals surface area contributed by atoms with E-state index in [9.17, 15) is 0 Å². The molecule has 2 N–H and O–H groups in total. The van der Waals surface area contributed by atoms with E-state index in [4.69, 9.17) is 5.73 Å². The molecule has 76 valence electrons. The Labute approximate surface area is 88.5 Å². The average molecular weight is 209 g/mol. The zero-order chi connectivity index (χ0) is 9.97. The molecule has 0 bridgehead atoms. The monoisotopic (exact) mass is 209 g/mol. The Balaban J connectivity index is 2.35. The van der Waals surface area contributed by atoms with Crippen molar-refractivity contribution < 1.29 is 0 Å². The lowest BCUT2D eigenvalue weighted by Gasteiger charge is -2.22. The molecule has 1 atom stereocenters. The van der Waals surface area contributed by atoms with Gasteiger partial charge in [0.05, 0.1) is 0 Å². The lowest BCUT2D eigenvalue weighted by atomic mass is 9.87. The molecule has 0 aromatic carbocycles. The largest absolute Gasteiger partial charge is 0.330 e. The van der Waals surface area contributed by atoms with Gasteiger partial charge in [0.2, 0.25) is 0 Å². The second-order valence-corrected chi connectivity index (χ2v) is 4.36. The first-order valence-electron chi connectivity index (χ1n) is 4.95. The van der Waals surface area contributed by atoms with Crippen molar-refractivity contribution in [2.24, 2.45) is 5.73 Å². The Morgan fingerprint density at radius 3 is 3.21 bits per heavy atom. The van der Waals surface area contributed by atoms with Gasteiger partial charge in [0.15, 0.2) is 5.16 Å². The molecule has 1 aromatic heterocycles. The van der Waals surface area contributed by atoms with Crippen LogP contribution in [0.2, 0.25) is 0 Å². The number of thioether (sulfide) groups is 1. The maximum atomic E-state index is 5.73. The van der Waals surface area contributed by atoms with Gasteiger partial charge < -0.3 is 5.73 Å². The molecule has 1 heterocycles. The quantitative estimate of drug-likeness (QED) is 0.593. The van der Waals surface area contributed by atoms with Gasteiger partial charge in [-0.15, -0.1) is 0 Å². The number of nitrogens with two attached hydrogens (primary N) is 1. The molecule has 1 aliphatic rings. The highest BCUT2D eigenvalue weighted by molar-refractivity contribution is 7.98. The standard InChI is InChI=1S/C10H15N3S/c1-14-10-12-6-8-7(5-11)3-2-4-9(8)13-10/h6-7H,2-5,11H2,1H3. The first-order valence-corrected chi connectivity index (χ1v) is 6.17. The van der Waals surface area contributed by atoms with Crippen molar-refractivity contribution in [2.75, 3.05) is 12.8 Å². The van der Waals surface area contributed by atoms with Crippen LogP contribution in [0.15, 0.2) is 11.4 Å². The van der Waals surface area contributed by atoms with Crippen molar-refractivity contribution in [3.63, 3.8) is 0 Å². The highest BCUT2D eigenvalue weighted by atomic mass is 32.2. The molecule has 14 heavy (non-hydrogen) atoms. The Morgan fingerprint density at radius 2 is 2.50 bits per heavy atom. The highest BCUT2D eigenvalue weighted by Crippen LogP contribution is 2.29. The number of aromatic nitrogens is 2. The molecule has 3 nitrogen and oxygen atoms in total. The van der Waals surface area contributed by atoms with Gasteiger partial charge >= 0.3 is 0 Å². The summed E-state index contributed by atoms with van der Waals surface area (Å²) in [6, 6.07) is 0. The van der Waals surface area contributed by atoms with E-state index >= 15 is 0 Å². The first-order chi connectivity index (χ1) is 6.85. The van der Waals surface area contributed by atoms with Crippen LogP contribution in [0.3, 0.4) is 0 Å². The predicted molar refractivity (Wildman–Crippen MR) is 58.5 cm³/mol. The average Bonchev–Trinajstić information content (AvgIpc) is 2.27. The third-order valence-corrected chi connectivity index (χ3v) is 3.31. The molecule has 0 fully saturated rings. The van der Waals surface area contributed by atoms with Gasteiger partial charge in [-0.05, 0) is 43.5 Å². The summed E-state index contributed by atoms with van der Waals surface area (Å²) in [6.07, 6.45) is 7.45. The molecule has 0 saturated heterocycles. The normalized spacial score (nSPS) is 20.6. The minimum atomic E-state index is 0.481. The minimum Gasteiger partial charge on any atom is -0.330 e. The summed E-state index contributed by atoms with van der Waals surface area (Å²) in [5.41, 5.74) is 8.22. The van der Waals surface area contributed by atoms with Crippen LogP contribution in [0, 0.1) is 0 Å². The third-order valence-electron chi connectivity index (χ3n) is 2.75. The smallest absolute Gasteiger partial charge is 0.187 e. The van der Waals surface area contributed by atoms with Gasteiger partial charge in [0, 0.05) is 11.9 Å². The molecule has 2 rings (SSSR count). The summed E-state index contributed by atoms with van der Waals surface area (Å²) in [7, 11) is 0. The summed E-state index contributed by atoms with van der Waals surface area (Å²) in [5, 5.41) is 0.876. The van der Waals surface area contributed by atoms with E-state index in [0.717, 1.165) is 18.1 Å². The van der Waals surface area contributed by atoms with Crippen molar-refractivity contribution in [3.05, 3.63) is 17.5 Å². The van der Waals surface area contributed by atoms with Gasteiger partial charge in [-0.25, -0.2) is 9.97 Å². The molecule has 1 aliphatic carbocycles. The Morgan fingerprint density at radius 1 is 1.64 bits per heavy atom. The molecule has 0 aliphatic heterocycles. The summed E-state index contributed by atoms with van der Waals surface area (Å²) in [5.74, 6) is 0.481. The van der Waals surface area contributed by atoms with Gasteiger partial charge in [0.25, 0.3) is 0 Å². The third kappa shape index (κ3) is 1.77. The van der Waals surface area contributed by atoms with Crippen molar-refractivity contribution >= 4 is 11.8 Å². The van der Waals surface area contributed by atoms with Crippen LogP contribution in [0.25, 0.3) is 0 Å². The van der Waals surface area contributed by atoms with Crippen molar-refractivity contribution in [3.8, 4) is 0 Å². The van der Waals surface area contributed by atoms with Crippen LogP contribution in [-0.4, -0.2) is 22.8 Å². The maximum absolute atomic E-state index is 5.73. The van der Waals surface area contributed by atoms with Crippen LogP contribution in [-0.2, 0) is 6.42 Å². The topological polar surface area (TPSA) is 51.8 Å². The summed E-state index contributed by atoms with van der Waals surface area (Å²) >= 11 is 1.60. The van der Waals surface area contributed by atoms with Crippen LogP contribution < -0.4 is 5.73 Å². The molecule has 4 heteroatoms.